The maximum atomic E-state index is 12.6. The summed E-state index contributed by atoms with van der Waals surface area (Å²) in [5.74, 6) is 0.427. The lowest BCUT2D eigenvalue weighted by atomic mass is 9.95. The molecule has 1 N–H and O–H groups in total. The Balaban J connectivity index is 1.87. The van der Waals surface area contributed by atoms with Gasteiger partial charge in [-0.15, -0.1) is 0 Å². The third kappa shape index (κ3) is 3.02. The molecule has 1 aliphatic rings. The highest BCUT2D eigenvalue weighted by Crippen LogP contribution is 2.30. The molecule has 118 valence electrons. The summed E-state index contributed by atoms with van der Waals surface area (Å²) in [6, 6.07) is 7.17. The van der Waals surface area contributed by atoms with Crippen LogP contribution in [0.15, 0.2) is 30.3 Å². The van der Waals surface area contributed by atoms with Gasteiger partial charge in [0, 0.05) is 11.6 Å². The molecule has 0 unspecified atom stereocenters. The molecule has 3 rings (SSSR count). The molecule has 1 saturated heterocycles. The van der Waals surface area contributed by atoms with Gasteiger partial charge in [0.05, 0.1) is 16.9 Å². The number of benzene rings is 1. The number of rotatable bonds is 2. The van der Waals surface area contributed by atoms with Gasteiger partial charge < -0.3 is 5.32 Å². The number of aromatic nitrogens is 2. The summed E-state index contributed by atoms with van der Waals surface area (Å²) in [7, 11) is 0. The van der Waals surface area contributed by atoms with Gasteiger partial charge in [0.25, 0.3) is 0 Å². The zero-order valence-electron chi connectivity index (χ0n) is 12.3. The number of halogens is 3. The Labute approximate surface area is 127 Å². The van der Waals surface area contributed by atoms with Crippen molar-refractivity contribution in [2.24, 2.45) is 0 Å². The Bertz CT molecular complexity index is 638. The fraction of sp³-hybridized carbons (Fsp3) is 0.438. The van der Waals surface area contributed by atoms with Crippen LogP contribution in [-0.4, -0.2) is 22.9 Å². The van der Waals surface area contributed by atoms with Gasteiger partial charge in [0.15, 0.2) is 0 Å². The first-order valence-electron chi connectivity index (χ1n) is 7.40. The average molecular weight is 309 g/mol. The lowest BCUT2D eigenvalue weighted by Crippen LogP contribution is -2.26. The van der Waals surface area contributed by atoms with Crippen molar-refractivity contribution in [1.29, 1.82) is 0 Å². The van der Waals surface area contributed by atoms with E-state index in [0.717, 1.165) is 49.5 Å². The molecule has 1 aliphatic heterocycles. The van der Waals surface area contributed by atoms with Crippen LogP contribution in [0.5, 0.6) is 0 Å². The molecule has 3 nitrogen and oxygen atoms in total. The van der Waals surface area contributed by atoms with Crippen LogP contribution in [-0.2, 0) is 6.18 Å². The summed E-state index contributed by atoms with van der Waals surface area (Å²) >= 11 is 0. The molecule has 22 heavy (non-hydrogen) atoms. The van der Waals surface area contributed by atoms with Crippen molar-refractivity contribution < 1.29 is 13.2 Å². The molecular formula is C16H18F3N3. The Kier molecular flexibility index (Phi) is 3.95. The molecular weight excluding hydrogens is 291 g/mol. The largest absolute Gasteiger partial charge is 0.416 e. The zero-order valence-corrected chi connectivity index (χ0v) is 12.3. The molecule has 6 heteroatoms. The minimum Gasteiger partial charge on any atom is -0.317 e. The van der Waals surface area contributed by atoms with Gasteiger partial charge >= 0.3 is 6.18 Å². The van der Waals surface area contributed by atoms with Crippen molar-refractivity contribution in [3.63, 3.8) is 0 Å². The molecule has 0 aliphatic carbocycles. The first-order valence-corrected chi connectivity index (χ1v) is 7.40. The molecule has 2 heterocycles. The number of piperidine rings is 1. The number of alkyl halides is 3. The van der Waals surface area contributed by atoms with Gasteiger partial charge in [-0.2, -0.15) is 18.3 Å². The molecule has 0 spiro atoms. The fourth-order valence-corrected chi connectivity index (χ4v) is 2.87. The van der Waals surface area contributed by atoms with Gasteiger partial charge in [-0.3, -0.25) is 0 Å². The average Bonchev–Trinajstić information content (AvgIpc) is 2.89. The molecule has 0 atom stereocenters. The number of aryl methyl sites for hydroxylation is 1. The van der Waals surface area contributed by atoms with E-state index in [1.165, 1.54) is 12.1 Å². The summed E-state index contributed by atoms with van der Waals surface area (Å²) in [6.45, 7) is 3.89. The van der Waals surface area contributed by atoms with Gasteiger partial charge in [0.1, 0.15) is 0 Å². The predicted molar refractivity (Wildman–Crippen MR) is 78.1 cm³/mol. The van der Waals surface area contributed by atoms with E-state index in [9.17, 15) is 13.2 Å². The van der Waals surface area contributed by atoms with E-state index in [0.29, 0.717) is 11.6 Å². The summed E-state index contributed by atoms with van der Waals surface area (Å²) < 4.78 is 39.6. The lowest BCUT2D eigenvalue weighted by molar-refractivity contribution is -0.137. The van der Waals surface area contributed by atoms with E-state index in [4.69, 9.17) is 0 Å². The standard InChI is InChI=1S/C16H18F3N3/c1-11-10-15(12-6-8-20-9-7-12)21-22(11)14-4-2-13(3-5-14)16(17,18)19/h2-5,10,12,20H,6-9H2,1H3. The van der Waals surface area contributed by atoms with E-state index in [2.05, 4.69) is 10.4 Å². The van der Waals surface area contributed by atoms with Crippen LogP contribution in [0, 0.1) is 6.92 Å². The summed E-state index contributed by atoms with van der Waals surface area (Å²) in [5, 5.41) is 7.92. The molecule has 0 saturated carbocycles. The predicted octanol–water partition coefficient (Wildman–Crippen LogP) is 3.67. The molecule has 0 radical (unpaired) electrons. The maximum Gasteiger partial charge on any atom is 0.416 e. The monoisotopic (exact) mass is 309 g/mol. The third-order valence-electron chi connectivity index (χ3n) is 4.10. The van der Waals surface area contributed by atoms with Crippen LogP contribution in [0.1, 0.15) is 35.7 Å². The van der Waals surface area contributed by atoms with Crippen LogP contribution >= 0.6 is 0 Å². The Morgan fingerprint density at radius 2 is 1.77 bits per heavy atom. The third-order valence-corrected chi connectivity index (χ3v) is 4.10. The second-order valence-corrected chi connectivity index (χ2v) is 5.69. The Morgan fingerprint density at radius 1 is 1.14 bits per heavy atom. The first-order chi connectivity index (χ1) is 10.4. The fourth-order valence-electron chi connectivity index (χ4n) is 2.87. The van der Waals surface area contributed by atoms with Gasteiger partial charge in [-0.1, -0.05) is 0 Å². The highest BCUT2D eigenvalue weighted by molar-refractivity contribution is 5.37. The normalized spacial score (nSPS) is 16.9. The van der Waals surface area contributed by atoms with E-state index in [1.54, 1.807) is 4.68 Å². The minimum atomic E-state index is -4.31. The molecule has 1 fully saturated rings. The van der Waals surface area contributed by atoms with E-state index >= 15 is 0 Å². The summed E-state index contributed by atoms with van der Waals surface area (Å²) in [4.78, 5) is 0. The molecule has 2 aromatic rings. The highest BCUT2D eigenvalue weighted by atomic mass is 19.4. The topological polar surface area (TPSA) is 29.9 Å². The molecule has 1 aromatic carbocycles. The quantitative estimate of drug-likeness (QED) is 0.917. The smallest absolute Gasteiger partial charge is 0.317 e. The van der Waals surface area contributed by atoms with Crippen molar-refractivity contribution in [2.45, 2.75) is 31.9 Å². The molecule has 0 amide bonds. The van der Waals surface area contributed by atoms with Crippen LogP contribution < -0.4 is 5.32 Å². The zero-order chi connectivity index (χ0) is 15.7. The number of nitrogens with one attached hydrogen (secondary N) is 1. The molecule has 1 aromatic heterocycles. The van der Waals surface area contributed by atoms with Crippen molar-refractivity contribution in [1.82, 2.24) is 15.1 Å². The second kappa shape index (κ2) is 5.76. The SMILES string of the molecule is Cc1cc(C2CCNCC2)nn1-c1ccc(C(F)(F)F)cc1. The van der Waals surface area contributed by atoms with Gasteiger partial charge in [0.2, 0.25) is 0 Å². The van der Waals surface area contributed by atoms with Crippen molar-refractivity contribution in [2.75, 3.05) is 13.1 Å². The Hall–Kier alpha value is -1.82. The second-order valence-electron chi connectivity index (χ2n) is 5.69. The van der Waals surface area contributed by atoms with Gasteiger partial charge in [-0.25, -0.2) is 4.68 Å². The number of hydrogen-bond acceptors (Lipinski definition) is 2. The highest BCUT2D eigenvalue weighted by Gasteiger charge is 2.30. The van der Waals surface area contributed by atoms with Crippen LogP contribution in [0.4, 0.5) is 13.2 Å². The van der Waals surface area contributed by atoms with Crippen molar-refractivity contribution in [3.05, 3.63) is 47.3 Å². The van der Waals surface area contributed by atoms with Crippen LogP contribution in [0.3, 0.4) is 0 Å². The van der Waals surface area contributed by atoms with E-state index in [-0.39, 0.29) is 0 Å². The number of nitrogens with zero attached hydrogens (tertiary/aromatic N) is 2. The van der Waals surface area contributed by atoms with Crippen LogP contribution in [0.2, 0.25) is 0 Å². The summed E-state index contributed by atoms with van der Waals surface area (Å²) in [5.41, 5.74) is 1.98. The van der Waals surface area contributed by atoms with Crippen molar-refractivity contribution in [3.8, 4) is 5.69 Å². The maximum absolute atomic E-state index is 12.6. The van der Waals surface area contributed by atoms with E-state index < -0.39 is 11.7 Å². The number of hydrogen-bond donors (Lipinski definition) is 1. The van der Waals surface area contributed by atoms with Gasteiger partial charge in [-0.05, 0) is 63.2 Å². The lowest BCUT2D eigenvalue weighted by Gasteiger charge is -2.20. The van der Waals surface area contributed by atoms with E-state index in [1.807, 2.05) is 13.0 Å². The first kappa shape index (κ1) is 15.1. The van der Waals surface area contributed by atoms with Crippen LogP contribution in [0.25, 0.3) is 5.69 Å². The minimum absolute atomic E-state index is 0.427. The Morgan fingerprint density at radius 3 is 2.36 bits per heavy atom. The van der Waals surface area contributed by atoms with Crippen molar-refractivity contribution >= 4 is 0 Å². The summed E-state index contributed by atoms with van der Waals surface area (Å²) in [6.07, 6.45) is -2.22. The molecule has 0 bridgehead atoms.